The summed E-state index contributed by atoms with van der Waals surface area (Å²) in [6.07, 6.45) is 1.25. The van der Waals surface area contributed by atoms with E-state index in [4.69, 9.17) is 9.47 Å². The molecule has 8 nitrogen and oxygen atoms in total. The lowest BCUT2D eigenvalue weighted by molar-refractivity contribution is -0.129. The Labute approximate surface area is 181 Å². The van der Waals surface area contributed by atoms with E-state index in [1.807, 2.05) is 13.0 Å². The second-order valence-corrected chi connectivity index (χ2v) is 7.01. The van der Waals surface area contributed by atoms with Crippen LogP contribution in [0.5, 0.6) is 5.75 Å². The molecule has 1 aliphatic heterocycles. The van der Waals surface area contributed by atoms with Crippen LogP contribution in [-0.2, 0) is 9.53 Å². The first-order valence-electron chi connectivity index (χ1n) is 10.4. The number of para-hydroxylation sites is 1. The summed E-state index contributed by atoms with van der Waals surface area (Å²) in [5.74, 6) is -0.169. The van der Waals surface area contributed by atoms with Gasteiger partial charge in [-0.2, -0.15) is 0 Å². The average Bonchev–Trinajstić information content (AvgIpc) is 3.33. The van der Waals surface area contributed by atoms with E-state index in [2.05, 4.69) is 16.0 Å². The Hall–Kier alpha value is -3.39. The first kappa shape index (κ1) is 22.3. The Bertz CT molecular complexity index is 908. The summed E-state index contributed by atoms with van der Waals surface area (Å²) >= 11 is 0. The van der Waals surface area contributed by atoms with Crippen LogP contribution in [0.3, 0.4) is 0 Å². The molecule has 31 heavy (non-hydrogen) atoms. The Morgan fingerprint density at radius 3 is 2.45 bits per heavy atom. The molecule has 3 N–H and O–H groups in total. The fourth-order valence-electron chi connectivity index (χ4n) is 3.20. The molecule has 0 saturated carbocycles. The molecule has 2 aromatic rings. The minimum Gasteiger partial charge on any atom is -0.493 e. The first-order valence-corrected chi connectivity index (χ1v) is 10.4. The lowest BCUT2D eigenvalue weighted by Crippen LogP contribution is -2.39. The number of ether oxygens (including phenoxy) is 2. The Kier molecular flexibility index (Phi) is 8.00. The second-order valence-electron chi connectivity index (χ2n) is 7.01. The molecule has 0 aromatic heterocycles. The number of rotatable bonds is 9. The first-order chi connectivity index (χ1) is 15.1. The van der Waals surface area contributed by atoms with Gasteiger partial charge in [0.2, 0.25) is 5.91 Å². The number of benzene rings is 2. The topological polar surface area (TPSA) is 106 Å². The third-order valence-electron chi connectivity index (χ3n) is 4.77. The highest BCUT2D eigenvalue weighted by atomic mass is 16.5. The van der Waals surface area contributed by atoms with Crippen molar-refractivity contribution in [1.82, 2.24) is 10.6 Å². The van der Waals surface area contributed by atoms with Crippen molar-refractivity contribution in [3.05, 3.63) is 59.7 Å². The molecule has 1 atom stereocenters. The normalized spacial score (nSPS) is 15.2. The average molecular weight is 425 g/mol. The van der Waals surface area contributed by atoms with Crippen molar-refractivity contribution >= 4 is 23.4 Å². The summed E-state index contributed by atoms with van der Waals surface area (Å²) in [7, 11) is 0. The van der Waals surface area contributed by atoms with Gasteiger partial charge in [-0.25, -0.2) is 0 Å². The number of hydrogen-bond donors (Lipinski definition) is 3. The number of anilines is 1. The molecule has 3 amide bonds. The molecule has 0 spiro atoms. The maximum atomic E-state index is 12.5. The monoisotopic (exact) mass is 425 g/mol. The fourth-order valence-corrected chi connectivity index (χ4v) is 3.20. The second kappa shape index (κ2) is 11.1. The van der Waals surface area contributed by atoms with E-state index in [0.717, 1.165) is 12.8 Å². The van der Waals surface area contributed by atoms with Crippen LogP contribution >= 0.6 is 0 Å². The number of amides is 3. The zero-order chi connectivity index (χ0) is 22.1. The van der Waals surface area contributed by atoms with Gasteiger partial charge in [-0.3, -0.25) is 14.4 Å². The van der Waals surface area contributed by atoms with Crippen LogP contribution in [0.1, 0.15) is 40.5 Å². The predicted octanol–water partition coefficient (Wildman–Crippen LogP) is 2.36. The maximum Gasteiger partial charge on any atom is 0.259 e. The van der Waals surface area contributed by atoms with E-state index in [1.165, 1.54) is 0 Å². The van der Waals surface area contributed by atoms with Crippen molar-refractivity contribution in [3.63, 3.8) is 0 Å². The molecule has 0 bridgehead atoms. The number of carbonyl (C=O) groups is 3. The van der Waals surface area contributed by atoms with Gasteiger partial charge in [0.25, 0.3) is 11.8 Å². The lowest BCUT2D eigenvalue weighted by atomic mass is 10.1. The standard InChI is InChI=1S/C23H27N3O5/c1-2-30-19-7-4-3-6-18(19)22(28)26-17-11-9-16(10-12-17)21(27)24-13-14-25-23(29)20-8-5-15-31-20/h3-4,6-7,9-12,20H,2,5,8,13-15H2,1H3,(H,24,27)(H,25,29)(H,26,28). The molecule has 1 fully saturated rings. The van der Waals surface area contributed by atoms with Crippen LogP contribution in [0.25, 0.3) is 0 Å². The Balaban J connectivity index is 1.46. The van der Waals surface area contributed by atoms with Gasteiger partial charge < -0.3 is 25.4 Å². The number of hydrogen-bond acceptors (Lipinski definition) is 5. The van der Waals surface area contributed by atoms with E-state index in [1.54, 1.807) is 42.5 Å². The third kappa shape index (κ3) is 6.29. The summed E-state index contributed by atoms with van der Waals surface area (Å²) < 4.78 is 10.8. The van der Waals surface area contributed by atoms with Crippen molar-refractivity contribution in [2.24, 2.45) is 0 Å². The zero-order valence-electron chi connectivity index (χ0n) is 17.5. The van der Waals surface area contributed by atoms with Crippen LogP contribution in [-0.4, -0.2) is 50.1 Å². The minimum atomic E-state index is -0.376. The molecule has 0 aliphatic carbocycles. The summed E-state index contributed by atoms with van der Waals surface area (Å²) in [4.78, 5) is 36.7. The third-order valence-corrected chi connectivity index (χ3v) is 4.77. The molecule has 164 valence electrons. The number of nitrogens with one attached hydrogen (secondary N) is 3. The van der Waals surface area contributed by atoms with Crippen molar-refractivity contribution in [2.45, 2.75) is 25.9 Å². The fraction of sp³-hybridized carbons (Fsp3) is 0.348. The van der Waals surface area contributed by atoms with Gasteiger partial charge >= 0.3 is 0 Å². The molecule has 0 radical (unpaired) electrons. The predicted molar refractivity (Wildman–Crippen MR) is 116 cm³/mol. The van der Waals surface area contributed by atoms with Gasteiger partial charge in [-0.15, -0.1) is 0 Å². The lowest BCUT2D eigenvalue weighted by Gasteiger charge is -2.12. The molecular formula is C23H27N3O5. The van der Waals surface area contributed by atoms with Gasteiger partial charge in [0.1, 0.15) is 11.9 Å². The van der Waals surface area contributed by atoms with Gasteiger partial charge in [-0.05, 0) is 56.2 Å². The quantitative estimate of drug-likeness (QED) is 0.535. The molecule has 3 rings (SSSR count). The number of carbonyl (C=O) groups excluding carboxylic acids is 3. The SMILES string of the molecule is CCOc1ccccc1C(=O)Nc1ccc(C(=O)NCCNC(=O)C2CCCO2)cc1. The van der Waals surface area contributed by atoms with Crippen molar-refractivity contribution in [1.29, 1.82) is 0 Å². The van der Waals surface area contributed by atoms with Crippen LogP contribution in [0.15, 0.2) is 48.5 Å². The summed E-state index contributed by atoms with van der Waals surface area (Å²) in [5.41, 5.74) is 1.46. The molecule has 1 heterocycles. The van der Waals surface area contributed by atoms with Gasteiger partial charge in [0.05, 0.1) is 12.2 Å². The maximum absolute atomic E-state index is 12.5. The van der Waals surface area contributed by atoms with Gasteiger partial charge in [-0.1, -0.05) is 12.1 Å². The summed E-state index contributed by atoms with van der Waals surface area (Å²) in [6, 6.07) is 13.6. The van der Waals surface area contributed by atoms with E-state index >= 15 is 0 Å². The highest BCUT2D eigenvalue weighted by Crippen LogP contribution is 2.20. The molecule has 1 saturated heterocycles. The van der Waals surface area contributed by atoms with E-state index in [-0.39, 0.29) is 23.8 Å². The zero-order valence-corrected chi connectivity index (χ0v) is 17.5. The van der Waals surface area contributed by atoms with E-state index in [9.17, 15) is 14.4 Å². The smallest absolute Gasteiger partial charge is 0.259 e. The molecule has 1 aliphatic rings. The van der Waals surface area contributed by atoms with E-state index in [0.29, 0.717) is 48.9 Å². The highest BCUT2D eigenvalue weighted by molar-refractivity contribution is 6.06. The summed E-state index contributed by atoms with van der Waals surface area (Å²) in [6.45, 7) is 3.58. The van der Waals surface area contributed by atoms with Crippen LogP contribution in [0.2, 0.25) is 0 Å². The minimum absolute atomic E-state index is 0.141. The van der Waals surface area contributed by atoms with Crippen LogP contribution < -0.4 is 20.7 Å². The van der Waals surface area contributed by atoms with Crippen molar-refractivity contribution < 1.29 is 23.9 Å². The Morgan fingerprint density at radius 2 is 1.74 bits per heavy atom. The van der Waals surface area contributed by atoms with Crippen molar-refractivity contribution in [3.8, 4) is 5.75 Å². The van der Waals surface area contributed by atoms with Gasteiger partial charge in [0.15, 0.2) is 0 Å². The molecule has 8 heteroatoms. The van der Waals surface area contributed by atoms with Crippen LogP contribution in [0, 0.1) is 0 Å². The Morgan fingerprint density at radius 1 is 1.00 bits per heavy atom. The van der Waals surface area contributed by atoms with E-state index < -0.39 is 0 Å². The largest absolute Gasteiger partial charge is 0.493 e. The van der Waals surface area contributed by atoms with Crippen molar-refractivity contribution in [2.75, 3.05) is 31.6 Å². The molecule has 2 aromatic carbocycles. The summed E-state index contributed by atoms with van der Waals surface area (Å²) in [5, 5.41) is 8.31. The highest BCUT2D eigenvalue weighted by Gasteiger charge is 2.22. The van der Waals surface area contributed by atoms with Crippen LogP contribution in [0.4, 0.5) is 5.69 Å². The molecular weight excluding hydrogens is 398 g/mol. The van der Waals surface area contributed by atoms with Gasteiger partial charge in [0, 0.05) is 30.9 Å². The molecule has 1 unspecified atom stereocenters.